The van der Waals surface area contributed by atoms with E-state index in [9.17, 15) is 4.79 Å². The summed E-state index contributed by atoms with van der Waals surface area (Å²) in [6.07, 6.45) is 1.71. The standard InChI is InChI=1S/C18H27N3O3/c1-20(2)15-5-3-13(4-6-15)18(23)19-14-9-16-12-24-17(7-8-22)11-21(16)10-14/h3-6,14,16-17,22H,7-12H2,1-2H3,(H,19,23)/t14-,16-,17-/m0/s1. The van der Waals surface area contributed by atoms with Gasteiger partial charge in [-0.1, -0.05) is 0 Å². The second kappa shape index (κ2) is 7.51. The molecule has 0 spiro atoms. The molecule has 0 aliphatic carbocycles. The molecule has 0 unspecified atom stereocenters. The maximum atomic E-state index is 12.4. The van der Waals surface area contributed by atoms with E-state index in [0.717, 1.165) is 25.2 Å². The van der Waals surface area contributed by atoms with Gasteiger partial charge in [0.15, 0.2) is 0 Å². The average molecular weight is 333 g/mol. The van der Waals surface area contributed by atoms with Crippen molar-refractivity contribution in [3.63, 3.8) is 0 Å². The Balaban J connectivity index is 1.54. The Morgan fingerprint density at radius 1 is 1.33 bits per heavy atom. The smallest absolute Gasteiger partial charge is 0.251 e. The Bertz CT molecular complexity index is 561. The Labute approximate surface area is 143 Å². The van der Waals surface area contributed by atoms with Gasteiger partial charge < -0.3 is 20.1 Å². The van der Waals surface area contributed by atoms with E-state index in [1.54, 1.807) is 0 Å². The molecule has 6 nitrogen and oxygen atoms in total. The van der Waals surface area contributed by atoms with Gasteiger partial charge in [-0.15, -0.1) is 0 Å². The number of nitrogens with one attached hydrogen (secondary N) is 1. The molecule has 2 fully saturated rings. The highest BCUT2D eigenvalue weighted by molar-refractivity contribution is 5.94. The van der Waals surface area contributed by atoms with Crippen LogP contribution in [-0.4, -0.2) is 74.5 Å². The number of aliphatic hydroxyl groups excluding tert-OH is 1. The Hall–Kier alpha value is -1.63. The molecule has 2 heterocycles. The van der Waals surface area contributed by atoms with Crippen molar-refractivity contribution in [1.82, 2.24) is 10.2 Å². The highest BCUT2D eigenvalue weighted by Crippen LogP contribution is 2.24. The zero-order chi connectivity index (χ0) is 17.1. The monoisotopic (exact) mass is 333 g/mol. The first-order valence-electron chi connectivity index (χ1n) is 8.61. The van der Waals surface area contributed by atoms with Gasteiger partial charge in [0.05, 0.1) is 12.7 Å². The number of hydrogen-bond donors (Lipinski definition) is 2. The maximum Gasteiger partial charge on any atom is 0.251 e. The van der Waals surface area contributed by atoms with Gasteiger partial charge in [0.25, 0.3) is 5.91 Å². The van der Waals surface area contributed by atoms with Crippen molar-refractivity contribution in [2.75, 3.05) is 45.3 Å². The molecule has 0 saturated carbocycles. The normalized spacial score (nSPS) is 26.9. The number of morpholine rings is 1. The minimum absolute atomic E-state index is 0.0158. The average Bonchev–Trinajstić information content (AvgIpc) is 2.96. The number of carbonyl (C=O) groups is 1. The third-order valence-electron chi connectivity index (χ3n) is 4.92. The largest absolute Gasteiger partial charge is 0.396 e. The predicted octanol–water partition coefficient (Wildman–Crippen LogP) is 0.707. The highest BCUT2D eigenvalue weighted by atomic mass is 16.5. The van der Waals surface area contributed by atoms with Crippen molar-refractivity contribution >= 4 is 11.6 Å². The second-order valence-corrected chi connectivity index (χ2v) is 6.92. The molecule has 0 bridgehead atoms. The van der Waals surface area contributed by atoms with Gasteiger partial charge in [0.1, 0.15) is 0 Å². The molecule has 1 amide bonds. The van der Waals surface area contributed by atoms with E-state index in [0.29, 0.717) is 24.6 Å². The lowest BCUT2D eigenvalue weighted by atomic mass is 10.1. The summed E-state index contributed by atoms with van der Waals surface area (Å²) < 4.78 is 5.79. The van der Waals surface area contributed by atoms with E-state index in [2.05, 4.69) is 10.2 Å². The summed E-state index contributed by atoms with van der Waals surface area (Å²) in [5.74, 6) is -0.0158. The van der Waals surface area contributed by atoms with Crippen LogP contribution in [0, 0.1) is 0 Å². The van der Waals surface area contributed by atoms with E-state index >= 15 is 0 Å². The molecule has 0 aromatic heterocycles. The first kappa shape index (κ1) is 17.2. The molecule has 24 heavy (non-hydrogen) atoms. The first-order valence-corrected chi connectivity index (χ1v) is 8.61. The van der Waals surface area contributed by atoms with Crippen molar-refractivity contribution in [3.8, 4) is 0 Å². The molecule has 3 rings (SSSR count). The number of rotatable bonds is 5. The van der Waals surface area contributed by atoms with Crippen LogP contribution < -0.4 is 10.2 Å². The molecule has 132 valence electrons. The van der Waals surface area contributed by atoms with Crippen LogP contribution in [0.3, 0.4) is 0 Å². The summed E-state index contributed by atoms with van der Waals surface area (Å²) in [5.41, 5.74) is 1.77. The molecule has 2 N–H and O–H groups in total. The number of amides is 1. The number of nitrogens with zero attached hydrogens (tertiary/aromatic N) is 2. The predicted molar refractivity (Wildman–Crippen MR) is 93.4 cm³/mol. The number of benzene rings is 1. The molecule has 1 aromatic carbocycles. The molecule has 2 aliphatic heterocycles. The lowest BCUT2D eigenvalue weighted by Crippen LogP contribution is -2.46. The van der Waals surface area contributed by atoms with E-state index < -0.39 is 0 Å². The zero-order valence-electron chi connectivity index (χ0n) is 14.4. The van der Waals surface area contributed by atoms with Gasteiger partial charge in [-0.2, -0.15) is 0 Å². The van der Waals surface area contributed by atoms with Crippen LogP contribution in [0.25, 0.3) is 0 Å². The van der Waals surface area contributed by atoms with Crippen LogP contribution in [0.4, 0.5) is 5.69 Å². The van der Waals surface area contributed by atoms with Crippen LogP contribution in [0.1, 0.15) is 23.2 Å². The number of hydrogen-bond acceptors (Lipinski definition) is 5. The topological polar surface area (TPSA) is 65.0 Å². The summed E-state index contributed by atoms with van der Waals surface area (Å²) >= 11 is 0. The highest BCUT2D eigenvalue weighted by Gasteiger charge is 2.37. The molecule has 2 saturated heterocycles. The van der Waals surface area contributed by atoms with Crippen LogP contribution in [-0.2, 0) is 4.74 Å². The quantitative estimate of drug-likeness (QED) is 0.831. The summed E-state index contributed by atoms with van der Waals surface area (Å²) in [7, 11) is 3.96. The molecular weight excluding hydrogens is 306 g/mol. The SMILES string of the molecule is CN(C)c1ccc(C(=O)N[C@H]2C[C@H]3CO[C@@H](CCO)CN3C2)cc1. The second-order valence-electron chi connectivity index (χ2n) is 6.92. The van der Waals surface area contributed by atoms with Crippen molar-refractivity contribution < 1.29 is 14.6 Å². The number of fused-ring (bicyclic) bond motifs is 1. The lowest BCUT2D eigenvalue weighted by molar-refractivity contribution is -0.0566. The molecule has 6 heteroatoms. The third kappa shape index (κ3) is 3.88. The van der Waals surface area contributed by atoms with E-state index in [1.165, 1.54) is 0 Å². The molecule has 1 aromatic rings. The summed E-state index contributed by atoms with van der Waals surface area (Å²) in [6, 6.07) is 8.19. The molecular formula is C18H27N3O3. The third-order valence-corrected chi connectivity index (χ3v) is 4.92. The fourth-order valence-electron chi connectivity index (χ4n) is 3.55. The molecule has 0 radical (unpaired) electrons. The lowest BCUT2D eigenvalue weighted by Gasteiger charge is -2.34. The first-order chi connectivity index (χ1) is 11.6. The molecule has 3 atom stereocenters. The van der Waals surface area contributed by atoms with Gasteiger partial charge in [-0.3, -0.25) is 9.69 Å². The minimum atomic E-state index is -0.0158. The number of ether oxygens (including phenoxy) is 1. The van der Waals surface area contributed by atoms with Gasteiger partial charge >= 0.3 is 0 Å². The number of anilines is 1. The maximum absolute atomic E-state index is 12.4. The fraction of sp³-hybridized carbons (Fsp3) is 0.611. The summed E-state index contributed by atoms with van der Waals surface area (Å²) in [5, 5.41) is 12.2. The summed E-state index contributed by atoms with van der Waals surface area (Å²) in [4.78, 5) is 16.8. The van der Waals surface area contributed by atoms with Crippen molar-refractivity contribution in [1.29, 1.82) is 0 Å². The van der Waals surface area contributed by atoms with Gasteiger partial charge in [0.2, 0.25) is 0 Å². The van der Waals surface area contributed by atoms with Crippen molar-refractivity contribution in [2.45, 2.75) is 31.0 Å². The van der Waals surface area contributed by atoms with E-state index in [4.69, 9.17) is 9.84 Å². The zero-order valence-corrected chi connectivity index (χ0v) is 14.4. The van der Waals surface area contributed by atoms with Gasteiger partial charge in [0, 0.05) is 57.1 Å². The van der Waals surface area contributed by atoms with Crippen LogP contribution >= 0.6 is 0 Å². The van der Waals surface area contributed by atoms with E-state index in [-0.39, 0.29) is 24.7 Å². The minimum Gasteiger partial charge on any atom is -0.396 e. The van der Waals surface area contributed by atoms with Crippen LogP contribution in [0.5, 0.6) is 0 Å². The summed E-state index contributed by atoms with van der Waals surface area (Å²) in [6.45, 7) is 2.55. The fourth-order valence-corrected chi connectivity index (χ4v) is 3.55. The van der Waals surface area contributed by atoms with Crippen molar-refractivity contribution in [2.24, 2.45) is 0 Å². The molecule has 2 aliphatic rings. The Morgan fingerprint density at radius 3 is 2.75 bits per heavy atom. The van der Waals surface area contributed by atoms with Crippen LogP contribution in [0.15, 0.2) is 24.3 Å². The number of carbonyl (C=O) groups excluding carboxylic acids is 1. The van der Waals surface area contributed by atoms with E-state index in [1.807, 2.05) is 43.3 Å². The number of aliphatic hydroxyl groups is 1. The van der Waals surface area contributed by atoms with Gasteiger partial charge in [-0.25, -0.2) is 0 Å². The Kier molecular flexibility index (Phi) is 5.38. The van der Waals surface area contributed by atoms with Crippen LogP contribution in [0.2, 0.25) is 0 Å². The Morgan fingerprint density at radius 2 is 2.08 bits per heavy atom. The van der Waals surface area contributed by atoms with Crippen molar-refractivity contribution in [3.05, 3.63) is 29.8 Å². The van der Waals surface area contributed by atoms with Gasteiger partial charge in [-0.05, 0) is 37.1 Å².